The van der Waals surface area contributed by atoms with E-state index in [-0.39, 0.29) is 11.7 Å². The van der Waals surface area contributed by atoms with E-state index in [1.54, 1.807) is 18.3 Å². The van der Waals surface area contributed by atoms with Crippen LogP contribution in [0.15, 0.2) is 60.9 Å². The number of phenolic OH excluding ortho intramolecular Hbond substituents is 1. The summed E-state index contributed by atoms with van der Waals surface area (Å²) < 4.78 is 1.86. The first kappa shape index (κ1) is 15.8. The Labute approximate surface area is 140 Å². The fourth-order valence-corrected chi connectivity index (χ4v) is 2.45. The summed E-state index contributed by atoms with van der Waals surface area (Å²) in [6.07, 6.45) is 3.67. The molecule has 0 aliphatic carbocycles. The summed E-state index contributed by atoms with van der Waals surface area (Å²) in [6, 6.07) is 14.9. The highest BCUT2D eigenvalue weighted by molar-refractivity contribution is 5.96. The van der Waals surface area contributed by atoms with Crippen LogP contribution in [0.25, 0.3) is 0 Å². The Morgan fingerprint density at radius 1 is 1.17 bits per heavy atom. The van der Waals surface area contributed by atoms with E-state index in [1.807, 2.05) is 48.1 Å². The number of benzene rings is 2. The molecule has 3 aromatic rings. The molecule has 122 valence electrons. The molecule has 5 nitrogen and oxygen atoms in total. The van der Waals surface area contributed by atoms with Gasteiger partial charge in [0, 0.05) is 18.9 Å². The van der Waals surface area contributed by atoms with E-state index in [2.05, 4.69) is 10.4 Å². The van der Waals surface area contributed by atoms with Gasteiger partial charge < -0.3 is 10.4 Å². The molecule has 0 aliphatic heterocycles. The van der Waals surface area contributed by atoms with Crippen molar-refractivity contribution in [2.45, 2.75) is 20.0 Å². The summed E-state index contributed by atoms with van der Waals surface area (Å²) in [5, 5.41) is 16.8. The molecule has 0 atom stereocenters. The second-order valence-electron chi connectivity index (χ2n) is 5.72. The number of aromatic nitrogens is 2. The number of phenols is 1. The van der Waals surface area contributed by atoms with Crippen molar-refractivity contribution in [2.24, 2.45) is 0 Å². The maximum Gasteiger partial charge on any atom is 0.255 e. The van der Waals surface area contributed by atoms with E-state index >= 15 is 0 Å². The van der Waals surface area contributed by atoms with Crippen molar-refractivity contribution in [1.82, 2.24) is 15.1 Å². The maximum absolute atomic E-state index is 12.2. The average Bonchev–Trinajstić information content (AvgIpc) is 3.09. The van der Waals surface area contributed by atoms with Gasteiger partial charge in [-0.15, -0.1) is 0 Å². The Kier molecular flexibility index (Phi) is 4.61. The van der Waals surface area contributed by atoms with Crippen molar-refractivity contribution < 1.29 is 9.90 Å². The topological polar surface area (TPSA) is 67.2 Å². The summed E-state index contributed by atoms with van der Waals surface area (Å²) in [4.78, 5) is 12.2. The van der Waals surface area contributed by atoms with Crippen molar-refractivity contribution in [1.29, 1.82) is 0 Å². The second kappa shape index (κ2) is 7.00. The first-order valence-corrected chi connectivity index (χ1v) is 7.75. The minimum atomic E-state index is -0.281. The van der Waals surface area contributed by atoms with Crippen LogP contribution in [0.2, 0.25) is 0 Å². The minimum Gasteiger partial charge on any atom is -0.507 e. The Morgan fingerprint density at radius 2 is 1.92 bits per heavy atom. The summed E-state index contributed by atoms with van der Waals surface area (Å²) in [5.41, 5.74) is 3.37. The lowest BCUT2D eigenvalue weighted by Crippen LogP contribution is -2.23. The number of hydrogen-bond acceptors (Lipinski definition) is 3. The average molecular weight is 321 g/mol. The number of amides is 1. The molecular formula is C19H19N3O2. The molecule has 0 saturated carbocycles. The van der Waals surface area contributed by atoms with E-state index < -0.39 is 0 Å². The summed E-state index contributed by atoms with van der Waals surface area (Å²) in [7, 11) is 0. The Balaban J connectivity index is 1.60. The third-order valence-electron chi connectivity index (χ3n) is 3.78. The molecule has 0 aliphatic rings. The molecule has 0 bridgehead atoms. The fraction of sp³-hybridized carbons (Fsp3) is 0.158. The normalized spacial score (nSPS) is 10.5. The maximum atomic E-state index is 12.2. The molecule has 5 heteroatoms. The van der Waals surface area contributed by atoms with Crippen molar-refractivity contribution in [3.05, 3.63) is 83.2 Å². The van der Waals surface area contributed by atoms with Crippen LogP contribution in [0.4, 0.5) is 0 Å². The molecule has 2 N–H and O–H groups in total. The van der Waals surface area contributed by atoms with Crippen molar-refractivity contribution in [3.63, 3.8) is 0 Å². The van der Waals surface area contributed by atoms with Crippen LogP contribution in [0.5, 0.6) is 5.75 Å². The van der Waals surface area contributed by atoms with Gasteiger partial charge in [-0.2, -0.15) is 5.10 Å². The Morgan fingerprint density at radius 3 is 2.62 bits per heavy atom. The van der Waals surface area contributed by atoms with Gasteiger partial charge >= 0.3 is 0 Å². The Hall–Kier alpha value is -3.08. The third kappa shape index (κ3) is 3.81. The first-order chi connectivity index (χ1) is 11.6. The zero-order valence-corrected chi connectivity index (χ0v) is 13.4. The SMILES string of the molecule is Cc1ccc(O)c(C(=O)NCc2ccc(Cn3cccn3)cc2)c1. The van der Waals surface area contributed by atoms with Crippen LogP contribution in [-0.2, 0) is 13.1 Å². The predicted molar refractivity (Wildman–Crippen MR) is 91.8 cm³/mol. The van der Waals surface area contributed by atoms with E-state index in [4.69, 9.17) is 0 Å². The van der Waals surface area contributed by atoms with Gasteiger partial charge in [-0.25, -0.2) is 0 Å². The van der Waals surface area contributed by atoms with Gasteiger partial charge in [0.2, 0.25) is 0 Å². The van der Waals surface area contributed by atoms with Gasteiger partial charge in [-0.05, 0) is 36.2 Å². The molecular weight excluding hydrogens is 302 g/mol. The van der Waals surface area contributed by atoms with Crippen LogP contribution >= 0.6 is 0 Å². The number of aryl methyl sites for hydroxylation is 1. The lowest BCUT2D eigenvalue weighted by molar-refractivity contribution is 0.0948. The minimum absolute atomic E-state index is 0.00679. The molecule has 0 radical (unpaired) electrons. The molecule has 24 heavy (non-hydrogen) atoms. The third-order valence-corrected chi connectivity index (χ3v) is 3.78. The quantitative estimate of drug-likeness (QED) is 0.759. The number of rotatable bonds is 5. The van der Waals surface area contributed by atoms with Crippen LogP contribution < -0.4 is 5.32 Å². The smallest absolute Gasteiger partial charge is 0.255 e. The molecule has 3 rings (SSSR count). The van der Waals surface area contributed by atoms with Crippen molar-refractivity contribution in [3.8, 4) is 5.75 Å². The molecule has 0 fully saturated rings. The number of carbonyl (C=O) groups is 1. The van der Waals surface area contributed by atoms with Crippen LogP contribution in [0.3, 0.4) is 0 Å². The number of aromatic hydroxyl groups is 1. The largest absolute Gasteiger partial charge is 0.507 e. The van der Waals surface area contributed by atoms with Gasteiger partial charge in [-0.3, -0.25) is 9.48 Å². The molecule has 1 aromatic heterocycles. The highest BCUT2D eigenvalue weighted by Crippen LogP contribution is 2.18. The molecule has 0 unspecified atom stereocenters. The van der Waals surface area contributed by atoms with Gasteiger partial charge in [0.25, 0.3) is 5.91 Å². The highest BCUT2D eigenvalue weighted by atomic mass is 16.3. The molecule has 1 amide bonds. The van der Waals surface area contributed by atoms with Gasteiger partial charge in [0.05, 0.1) is 12.1 Å². The zero-order chi connectivity index (χ0) is 16.9. The van der Waals surface area contributed by atoms with E-state index in [9.17, 15) is 9.90 Å². The summed E-state index contributed by atoms with van der Waals surface area (Å²) in [6.45, 7) is 3.01. The van der Waals surface area contributed by atoms with Gasteiger partial charge in [-0.1, -0.05) is 35.9 Å². The lowest BCUT2D eigenvalue weighted by atomic mass is 10.1. The van der Waals surface area contributed by atoms with Crippen molar-refractivity contribution in [2.75, 3.05) is 0 Å². The number of nitrogens with zero attached hydrogens (tertiary/aromatic N) is 2. The van der Waals surface area contributed by atoms with E-state index in [0.717, 1.165) is 23.2 Å². The fourth-order valence-electron chi connectivity index (χ4n) is 2.45. The highest BCUT2D eigenvalue weighted by Gasteiger charge is 2.10. The van der Waals surface area contributed by atoms with Crippen LogP contribution in [0.1, 0.15) is 27.0 Å². The molecule has 0 spiro atoms. The molecule has 1 heterocycles. The first-order valence-electron chi connectivity index (χ1n) is 7.75. The van der Waals surface area contributed by atoms with Crippen molar-refractivity contribution >= 4 is 5.91 Å². The van der Waals surface area contributed by atoms with Crippen LogP contribution in [-0.4, -0.2) is 20.8 Å². The summed E-state index contributed by atoms with van der Waals surface area (Å²) >= 11 is 0. The number of nitrogens with one attached hydrogen (secondary N) is 1. The van der Waals surface area contributed by atoms with Gasteiger partial charge in [0.1, 0.15) is 5.75 Å². The molecule has 2 aromatic carbocycles. The van der Waals surface area contributed by atoms with Crippen LogP contribution in [0, 0.1) is 6.92 Å². The van der Waals surface area contributed by atoms with E-state index in [1.165, 1.54) is 6.07 Å². The standard InChI is InChI=1S/C19H19N3O2/c1-14-3-8-18(23)17(11-14)19(24)20-12-15-4-6-16(7-5-15)13-22-10-2-9-21-22/h2-11,23H,12-13H2,1H3,(H,20,24). The number of carbonyl (C=O) groups excluding carboxylic acids is 1. The Bertz CT molecular complexity index is 824. The molecule has 0 saturated heterocycles. The zero-order valence-electron chi connectivity index (χ0n) is 13.4. The summed E-state index contributed by atoms with van der Waals surface area (Å²) in [5.74, 6) is -0.288. The monoisotopic (exact) mass is 321 g/mol. The lowest BCUT2D eigenvalue weighted by Gasteiger charge is -2.09. The van der Waals surface area contributed by atoms with Gasteiger partial charge in [0.15, 0.2) is 0 Å². The predicted octanol–water partition coefficient (Wildman–Crippen LogP) is 2.88. The second-order valence-corrected chi connectivity index (χ2v) is 5.72. The number of hydrogen-bond donors (Lipinski definition) is 2. The van der Waals surface area contributed by atoms with E-state index in [0.29, 0.717) is 12.1 Å².